The van der Waals surface area contributed by atoms with Crippen LogP contribution in [0.5, 0.6) is 5.75 Å². The molecule has 0 aliphatic rings. The number of carbonyl (C=O) groups excluding carboxylic acids is 1. The third kappa shape index (κ3) is 5.04. The van der Waals surface area contributed by atoms with E-state index in [1.54, 1.807) is 44.4 Å². The van der Waals surface area contributed by atoms with Gasteiger partial charge in [0.1, 0.15) is 12.4 Å². The van der Waals surface area contributed by atoms with Crippen LogP contribution in [0, 0.1) is 6.92 Å². The van der Waals surface area contributed by atoms with Crippen molar-refractivity contribution in [3.8, 4) is 5.75 Å². The van der Waals surface area contributed by atoms with Gasteiger partial charge in [-0.25, -0.2) is 8.42 Å². The first-order chi connectivity index (χ1) is 11.8. The number of nitrogens with one attached hydrogen (secondary N) is 1. The molecule has 7 heteroatoms. The van der Waals surface area contributed by atoms with Gasteiger partial charge in [0.25, 0.3) is 10.0 Å². The summed E-state index contributed by atoms with van der Waals surface area (Å²) in [7, 11) is -2.18. The molecule has 0 atom stereocenters. The molecule has 2 rings (SSSR count). The molecule has 1 N–H and O–H groups in total. The van der Waals surface area contributed by atoms with Crippen LogP contribution in [0.2, 0.25) is 0 Å². The Morgan fingerprint density at radius 3 is 2.52 bits per heavy atom. The van der Waals surface area contributed by atoms with Crippen LogP contribution in [0.1, 0.15) is 22.8 Å². The number of ether oxygens (including phenoxy) is 2. The zero-order chi connectivity index (χ0) is 18.4. The van der Waals surface area contributed by atoms with Crippen LogP contribution in [-0.2, 0) is 14.8 Å². The summed E-state index contributed by atoms with van der Waals surface area (Å²) in [6, 6.07) is 11.0. The summed E-state index contributed by atoms with van der Waals surface area (Å²) in [5, 5.41) is 0. The number of carbonyl (C=O) groups is 1. The molecule has 0 radical (unpaired) electrons. The Morgan fingerprint density at radius 1 is 1.12 bits per heavy atom. The van der Waals surface area contributed by atoms with Crippen LogP contribution >= 0.6 is 0 Å². The fourth-order valence-electron chi connectivity index (χ4n) is 2.20. The first-order valence-electron chi connectivity index (χ1n) is 7.69. The number of hydrogen-bond donors (Lipinski definition) is 1. The first kappa shape index (κ1) is 19.0. The van der Waals surface area contributed by atoms with E-state index in [1.165, 1.54) is 19.1 Å². The highest BCUT2D eigenvalue weighted by Crippen LogP contribution is 2.24. The van der Waals surface area contributed by atoms with Crippen molar-refractivity contribution >= 4 is 21.5 Å². The second-order valence-corrected chi connectivity index (χ2v) is 7.19. The summed E-state index contributed by atoms with van der Waals surface area (Å²) in [5.41, 5.74) is 1.49. The molecule has 2 aromatic rings. The Morgan fingerprint density at radius 2 is 1.88 bits per heavy atom. The number of anilines is 1. The number of Topliss-reactive ketones (excluding diaryl/α,β-unsaturated/α-hetero) is 1. The molecule has 0 aliphatic carbocycles. The maximum Gasteiger partial charge on any atom is 0.261 e. The predicted octanol–water partition coefficient (Wildman–Crippen LogP) is 3.02. The van der Waals surface area contributed by atoms with Crippen LogP contribution in [0.25, 0.3) is 0 Å². The molecule has 6 nitrogen and oxygen atoms in total. The molecule has 0 fully saturated rings. The molecule has 0 amide bonds. The molecule has 134 valence electrons. The summed E-state index contributed by atoms with van der Waals surface area (Å²) in [5.74, 6) is 0.476. The maximum atomic E-state index is 12.5. The van der Waals surface area contributed by atoms with Gasteiger partial charge < -0.3 is 9.47 Å². The quantitative estimate of drug-likeness (QED) is 0.576. The van der Waals surface area contributed by atoms with Crippen molar-refractivity contribution in [1.29, 1.82) is 0 Å². The lowest BCUT2D eigenvalue weighted by atomic mass is 10.1. The van der Waals surface area contributed by atoms with Gasteiger partial charge in [0, 0.05) is 18.4 Å². The molecular weight excluding hydrogens is 342 g/mol. The average molecular weight is 363 g/mol. The number of rotatable bonds is 8. The van der Waals surface area contributed by atoms with Gasteiger partial charge in [-0.1, -0.05) is 12.1 Å². The summed E-state index contributed by atoms with van der Waals surface area (Å²) < 4.78 is 38.0. The Bertz CT molecular complexity index is 862. The Hall–Kier alpha value is -2.38. The highest BCUT2D eigenvalue weighted by Gasteiger charge is 2.16. The van der Waals surface area contributed by atoms with Gasteiger partial charge in [-0.05, 0) is 49.7 Å². The molecule has 0 spiro atoms. The molecule has 2 aromatic carbocycles. The number of aryl methyl sites for hydroxylation is 1. The Balaban J connectivity index is 2.20. The van der Waals surface area contributed by atoms with E-state index in [2.05, 4.69) is 4.72 Å². The van der Waals surface area contributed by atoms with Gasteiger partial charge in [-0.3, -0.25) is 9.52 Å². The third-order valence-corrected chi connectivity index (χ3v) is 4.90. The lowest BCUT2D eigenvalue weighted by molar-refractivity contribution is 0.101. The zero-order valence-corrected chi connectivity index (χ0v) is 15.2. The van der Waals surface area contributed by atoms with Gasteiger partial charge >= 0.3 is 0 Å². The fourth-order valence-corrected chi connectivity index (χ4v) is 3.34. The van der Waals surface area contributed by atoms with E-state index in [4.69, 9.17) is 9.47 Å². The molecular formula is C18H21NO5S. The number of benzene rings is 2. The number of ketones is 1. The van der Waals surface area contributed by atoms with E-state index in [-0.39, 0.29) is 10.7 Å². The molecule has 25 heavy (non-hydrogen) atoms. The minimum absolute atomic E-state index is 0.123. The van der Waals surface area contributed by atoms with E-state index >= 15 is 0 Å². The normalized spacial score (nSPS) is 11.2. The van der Waals surface area contributed by atoms with Crippen LogP contribution in [0.3, 0.4) is 0 Å². The monoisotopic (exact) mass is 363 g/mol. The largest absolute Gasteiger partial charge is 0.491 e. The summed E-state index contributed by atoms with van der Waals surface area (Å²) >= 11 is 0. The van der Waals surface area contributed by atoms with Crippen molar-refractivity contribution in [1.82, 2.24) is 0 Å². The van der Waals surface area contributed by atoms with Crippen LogP contribution < -0.4 is 9.46 Å². The zero-order valence-electron chi connectivity index (χ0n) is 14.4. The average Bonchev–Trinajstić information content (AvgIpc) is 2.56. The molecule has 0 aliphatic heterocycles. The molecule has 0 bridgehead atoms. The van der Waals surface area contributed by atoms with Gasteiger partial charge in [-0.15, -0.1) is 0 Å². The highest BCUT2D eigenvalue weighted by molar-refractivity contribution is 7.92. The Kier molecular flexibility index (Phi) is 6.17. The summed E-state index contributed by atoms with van der Waals surface area (Å²) in [4.78, 5) is 11.5. The van der Waals surface area contributed by atoms with E-state index in [0.29, 0.717) is 35.8 Å². The summed E-state index contributed by atoms with van der Waals surface area (Å²) in [6.07, 6.45) is 0. The molecule has 0 unspecified atom stereocenters. The van der Waals surface area contributed by atoms with E-state index in [1.807, 2.05) is 0 Å². The fraction of sp³-hybridized carbons (Fsp3) is 0.278. The number of hydrogen-bond acceptors (Lipinski definition) is 5. The predicted molar refractivity (Wildman–Crippen MR) is 95.8 cm³/mol. The minimum Gasteiger partial charge on any atom is -0.491 e. The lowest BCUT2D eigenvalue weighted by Crippen LogP contribution is -2.14. The van der Waals surface area contributed by atoms with Crippen molar-refractivity contribution < 1.29 is 22.7 Å². The van der Waals surface area contributed by atoms with Gasteiger partial charge in [0.2, 0.25) is 0 Å². The summed E-state index contributed by atoms with van der Waals surface area (Å²) in [6.45, 7) is 4.05. The van der Waals surface area contributed by atoms with Gasteiger partial charge in [0.05, 0.1) is 11.5 Å². The second kappa shape index (κ2) is 8.13. The van der Waals surface area contributed by atoms with Crippen molar-refractivity contribution in [2.24, 2.45) is 0 Å². The standard InChI is InChI=1S/C18H21NO5S/c1-13-11-17(7-8-18(13)24-10-9-23-3)25(21,22)19-16-6-4-5-15(12-16)14(2)20/h4-8,11-12,19H,9-10H2,1-3H3. The highest BCUT2D eigenvalue weighted by atomic mass is 32.2. The molecule has 0 heterocycles. The van der Waals surface area contributed by atoms with Crippen LogP contribution in [0.15, 0.2) is 47.4 Å². The van der Waals surface area contributed by atoms with E-state index in [0.717, 1.165) is 0 Å². The van der Waals surface area contributed by atoms with Crippen molar-refractivity contribution in [3.63, 3.8) is 0 Å². The molecule has 0 aromatic heterocycles. The smallest absolute Gasteiger partial charge is 0.261 e. The van der Waals surface area contributed by atoms with E-state index in [9.17, 15) is 13.2 Å². The SMILES string of the molecule is COCCOc1ccc(S(=O)(=O)Nc2cccc(C(C)=O)c2)cc1C. The van der Waals surface area contributed by atoms with Crippen LogP contribution in [0.4, 0.5) is 5.69 Å². The molecule has 0 saturated heterocycles. The van der Waals surface area contributed by atoms with Crippen LogP contribution in [-0.4, -0.2) is 34.5 Å². The van der Waals surface area contributed by atoms with E-state index < -0.39 is 10.0 Å². The molecule has 0 saturated carbocycles. The van der Waals surface area contributed by atoms with Gasteiger partial charge in [0.15, 0.2) is 5.78 Å². The topological polar surface area (TPSA) is 81.7 Å². The van der Waals surface area contributed by atoms with Crippen molar-refractivity contribution in [2.45, 2.75) is 18.7 Å². The third-order valence-electron chi connectivity index (χ3n) is 3.52. The van der Waals surface area contributed by atoms with Crippen molar-refractivity contribution in [3.05, 3.63) is 53.6 Å². The number of methoxy groups -OCH3 is 1. The van der Waals surface area contributed by atoms with Gasteiger partial charge in [-0.2, -0.15) is 0 Å². The minimum atomic E-state index is -3.76. The maximum absolute atomic E-state index is 12.5. The Labute approximate surface area is 147 Å². The first-order valence-corrected chi connectivity index (χ1v) is 9.18. The number of sulfonamides is 1. The van der Waals surface area contributed by atoms with Crippen molar-refractivity contribution in [2.75, 3.05) is 25.0 Å². The lowest BCUT2D eigenvalue weighted by Gasteiger charge is -2.12. The second-order valence-electron chi connectivity index (χ2n) is 5.51.